The standard InChI is InChI=1S/C11H20N2OS/c1-11(2,3)4-5-14-7-9-8-15-10(6-12)13-9/h8H,4-7,12H2,1-3H3. The Morgan fingerprint density at radius 2 is 2.20 bits per heavy atom. The van der Waals surface area contributed by atoms with Gasteiger partial charge in [0, 0.05) is 18.5 Å². The van der Waals surface area contributed by atoms with Gasteiger partial charge in [-0.15, -0.1) is 11.3 Å². The minimum absolute atomic E-state index is 0.338. The maximum Gasteiger partial charge on any atom is 0.107 e. The lowest BCUT2D eigenvalue weighted by atomic mass is 9.93. The fourth-order valence-electron chi connectivity index (χ4n) is 1.06. The van der Waals surface area contributed by atoms with E-state index in [9.17, 15) is 0 Å². The van der Waals surface area contributed by atoms with Crippen molar-refractivity contribution < 1.29 is 4.74 Å². The molecule has 1 heterocycles. The monoisotopic (exact) mass is 228 g/mol. The zero-order valence-corrected chi connectivity index (χ0v) is 10.6. The molecule has 0 amide bonds. The molecule has 0 saturated carbocycles. The molecule has 0 unspecified atom stereocenters. The molecule has 15 heavy (non-hydrogen) atoms. The molecule has 1 rings (SSSR count). The normalized spacial score (nSPS) is 12.0. The molecule has 86 valence electrons. The van der Waals surface area contributed by atoms with E-state index in [0.717, 1.165) is 23.7 Å². The highest BCUT2D eigenvalue weighted by Gasteiger charge is 2.09. The first-order valence-corrected chi connectivity index (χ1v) is 6.10. The fraction of sp³-hybridized carbons (Fsp3) is 0.727. The molecule has 0 aliphatic heterocycles. The Bertz CT molecular complexity index is 291. The average molecular weight is 228 g/mol. The van der Waals surface area contributed by atoms with Crippen LogP contribution >= 0.6 is 11.3 Å². The van der Waals surface area contributed by atoms with E-state index in [1.807, 2.05) is 5.38 Å². The van der Waals surface area contributed by atoms with Crippen LogP contribution in [0.2, 0.25) is 0 Å². The van der Waals surface area contributed by atoms with E-state index >= 15 is 0 Å². The highest BCUT2D eigenvalue weighted by Crippen LogP contribution is 2.18. The molecule has 0 atom stereocenters. The molecule has 0 fully saturated rings. The number of aromatic nitrogens is 1. The Balaban J connectivity index is 2.20. The number of nitrogens with two attached hydrogens (primary N) is 1. The topological polar surface area (TPSA) is 48.1 Å². The molecule has 3 nitrogen and oxygen atoms in total. The molecule has 2 N–H and O–H groups in total. The van der Waals surface area contributed by atoms with E-state index in [4.69, 9.17) is 10.5 Å². The lowest BCUT2D eigenvalue weighted by Crippen LogP contribution is -2.09. The number of hydrogen-bond acceptors (Lipinski definition) is 4. The first kappa shape index (κ1) is 12.6. The summed E-state index contributed by atoms with van der Waals surface area (Å²) >= 11 is 1.60. The lowest BCUT2D eigenvalue weighted by Gasteiger charge is -2.17. The van der Waals surface area contributed by atoms with Gasteiger partial charge in [-0.1, -0.05) is 20.8 Å². The van der Waals surface area contributed by atoms with Crippen LogP contribution in [0.4, 0.5) is 0 Å². The summed E-state index contributed by atoms with van der Waals surface area (Å²) in [7, 11) is 0. The summed E-state index contributed by atoms with van der Waals surface area (Å²) in [6.45, 7) is 8.56. The van der Waals surface area contributed by atoms with Crippen molar-refractivity contribution in [3.8, 4) is 0 Å². The van der Waals surface area contributed by atoms with E-state index in [1.54, 1.807) is 11.3 Å². The molecule has 0 aromatic carbocycles. The Kier molecular flexibility index (Phi) is 4.70. The maximum absolute atomic E-state index is 5.56. The van der Waals surface area contributed by atoms with Crippen LogP contribution in [-0.4, -0.2) is 11.6 Å². The van der Waals surface area contributed by atoms with Crippen molar-refractivity contribution in [3.05, 3.63) is 16.1 Å². The molecule has 0 bridgehead atoms. The van der Waals surface area contributed by atoms with E-state index in [1.165, 1.54) is 0 Å². The second-order valence-electron chi connectivity index (χ2n) is 4.80. The first-order chi connectivity index (χ1) is 7.01. The van der Waals surface area contributed by atoms with Gasteiger partial charge in [-0.2, -0.15) is 0 Å². The summed E-state index contributed by atoms with van der Waals surface area (Å²) in [6.07, 6.45) is 1.07. The van der Waals surface area contributed by atoms with E-state index in [0.29, 0.717) is 18.6 Å². The van der Waals surface area contributed by atoms with Crippen molar-refractivity contribution in [2.45, 2.75) is 40.3 Å². The summed E-state index contributed by atoms with van der Waals surface area (Å²) in [5.74, 6) is 0. The molecule has 1 aromatic heterocycles. The summed E-state index contributed by atoms with van der Waals surface area (Å²) in [4.78, 5) is 4.33. The molecule has 4 heteroatoms. The Labute approximate surface area is 95.7 Å². The van der Waals surface area contributed by atoms with Gasteiger partial charge in [0.1, 0.15) is 5.01 Å². The number of ether oxygens (including phenoxy) is 1. The predicted octanol–water partition coefficient (Wildman–Crippen LogP) is 2.55. The van der Waals surface area contributed by atoms with Crippen molar-refractivity contribution in [3.63, 3.8) is 0 Å². The van der Waals surface area contributed by atoms with Crippen molar-refractivity contribution >= 4 is 11.3 Å². The third-order valence-corrected chi connectivity index (χ3v) is 2.94. The molecule has 0 radical (unpaired) electrons. The molecule has 0 spiro atoms. The molecule has 0 aliphatic carbocycles. The number of nitrogens with zero attached hydrogens (tertiary/aromatic N) is 1. The summed E-state index contributed by atoms with van der Waals surface area (Å²) in [5, 5.41) is 2.99. The van der Waals surface area contributed by atoms with Crippen LogP contribution in [0.1, 0.15) is 37.9 Å². The van der Waals surface area contributed by atoms with Crippen LogP contribution in [0.15, 0.2) is 5.38 Å². The van der Waals surface area contributed by atoms with Gasteiger partial charge in [0.05, 0.1) is 12.3 Å². The highest BCUT2D eigenvalue weighted by atomic mass is 32.1. The van der Waals surface area contributed by atoms with Crippen LogP contribution in [-0.2, 0) is 17.9 Å². The lowest BCUT2D eigenvalue weighted by molar-refractivity contribution is 0.0943. The molecule has 0 aliphatic rings. The zero-order chi connectivity index (χ0) is 11.3. The minimum atomic E-state index is 0.338. The molecular formula is C11H20N2OS. The fourth-order valence-corrected chi connectivity index (χ4v) is 1.72. The van der Waals surface area contributed by atoms with Gasteiger partial charge >= 0.3 is 0 Å². The van der Waals surface area contributed by atoms with E-state index < -0.39 is 0 Å². The van der Waals surface area contributed by atoms with Crippen molar-refractivity contribution in [1.82, 2.24) is 4.98 Å². The number of rotatable bonds is 5. The summed E-state index contributed by atoms with van der Waals surface area (Å²) < 4.78 is 5.56. The van der Waals surface area contributed by atoms with Crippen LogP contribution in [0.25, 0.3) is 0 Å². The van der Waals surface area contributed by atoms with Gasteiger partial charge in [0.25, 0.3) is 0 Å². The van der Waals surface area contributed by atoms with Gasteiger partial charge in [-0.3, -0.25) is 0 Å². The SMILES string of the molecule is CC(C)(C)CCOCc1csc(CN)n1. The number of thiazole rings is 1. The van der Waals surface area contributed by atoms with Gasteiger partial charge < -0.3 is 10.5 Å². The maximum atomic E-state index is 5.56. The minimum Gasteiger partial charge on any atom is -0.375 e. The summed E-state index contributed by atoms with van der Waals surface area (Å²) in [6, 6.07) is 0. The van der Waals surface area contributed by atoms with Crippen LogP contribution in [0.5, 0.6) is 0 Å². The Morgan fingerprint density at radius 3 is 2.73 bits per heavy atom. The van der Waals surface area contributed by atoms with Crippen LogP contribution in [0.3, 0.4) is 0 Å². The Hall–Kier alpha value is -0.450. The Morgan fingerprint density at radius 1 is 1.47 bits per heavy atom. The highest BCUT2D eigenvalue weighted by molar-refractivity contribution is 7.09. The second kappa shape index (κ2) is 5.58. The van der Waals surface area contributed by atoms with Gasteiger partial charge in [0.2, 0.25) is 0 Å². The van der Waals surface area contributed by atoms with Gasteiger partial charge in [-0.05, 0) is 11.8 Å². The van der Waals surface area contributed by atoms with Crippen LogP contribution < -0.4 is 5.73 Å². The van der Waals surface area contributed by atoms with E-state index in [2.05, 4.69) is 25.8 Å². The van der Waals surface area contributed by atoms with Gasteiger partial charge in [0.15, 0.2) is 0 Å². The smallest absolute Gasteiger partial charge is 0.107 e. The van der Waals surface area contributed by atoms with E-state index in [-0.39, 0.29) is 0 Å². The quantitative estimate of drug-likeness (QED) is 0.788. The third kappa shape index (κ3) is 5.25. The van der Waals surface area contributed by atoms with Crippen molar-refractivity contribution in [2.75, 3.05) is 6.61 Å². The third-order valence-electron chi connectivity index (χ3n) is 2.02. The largest absolute Gasteiger partial charge is 0.375 e. The molecular weight excluding hydrogens is 208 g/mol. The number of hydrogen-bond donors (Lipinski definition) is 1. The summed E-state index contributed by atoms with van der Waals surface area (Å²) in [5.41, 5.74) is 6.81. The first-order valence-electron chi connectivity index (χ1n) is 5.22. The zero-order valence-electron chi connectivity index (χ0n) is 9.75. The average Bonchev–Trinajstić information content (AvgIpc) is 2.59. The second-order valence-corrected chi connectivity index (χ2v) is 5.74. The molecule has 0 saturated heterocycles. The van der Waals surface area contributed by atoms with Crippen molar-refractivity contribution in [2.24, 2.45) is 11.1 Å². The van der Waals surface area contributed by atoms with Crippen molar-refractivity contribution in [1.29, 1.82) is 0 Å². The van der Waals surface area contributed by atoms with Gasteiger partial charge in [-0.25, -0.2) is 4.98 Å². The molecule has 1 aromatic rings. The van der Waals surface area contributed by atoms with Crippen LogP contribution in [0, 0.1) is 5.41 Å². The predicted molar refractivity (Wildman–Crippen MR) is 63.7 cm³/mol.